The third-order valence-electron chi connectivity index (χ3n) is 3.71. The Kier molecular flexibility index (Phi) is 3.14. The van der Waals surface area contributed by atoms with Crippen molar-refractivity contribution in [3.8, 4) is 0 Å². The molecule has 3 unspecified atom stereocenters. The molecule has 0 radical (unpaired) electrons. The van der Waals surface area contributed by atoms with Crippen molar-refractivity contribution in [1.82, 2.24) is 4.90 Å². The second-order valence-corrected chi connectivity index (χ2v) is 4.79. The summed E-state index contributed by atoms with van der Waals surface area (Å²) in [5, 5.41) is 0. The van der Waals surface area contributed by atoms with Crippen molar-refractivity contribution in [2.75, 3.05) is 19.7 Å². The van der Waals surface area contributed by atoms with Crippen molar-refractivity contribution in [1.29, 1.82) is 0 Å². The van der Waals surface area contributed by atoms with Gasteiger partial charge in [0.15, 0.2) is 0 Å². The standard InChI is InChI=1S/C11H20N2O2/c1-8-2-3-9(7-12)10(6-8)13-4-5-15-11(13)14/h8-10H,2-7,12H2,1H3. The van der Waals surface area contributed by atoms with Crippen LogP contribution in [0.5, 0.6) is 0 Å². The Morgan fingerprint density at radius 2 is 2.33 bits per heavy atom. The third kappa shape index (κ3) is 2.09. The fraction of sp³-hybridized carbons (Fsp3) is 0.909. The molecule has 0 spiro atoms. The van der Waals surface area contributed by atoms with E-state index in [1.165, 1.54) is 6.42 Å². The zero-order chi connectivity index (χ0) is 10.8. The average molecular weight is 212 g/mol. The third-order valence-corrected chi connectivity index (χ3v) is 3.71. The molecule has 1 heterocycles. The zero-order valence-corrected chi connectivity index (χ0v) is 9.32. The zero-order valence-electron chi connectivity index (χ0n) is 9.32. The van der Waals surface area contributed by atoms with Crippen LogP contribution in [0.25, 0.3) is 0 Å². The van der Waals surface area contributed by atoms with Gasteiger partial charge in [-0.25, -0.2) is 4.79 Å². The van der Waals surface area contributed by atoms with Crippen LogP contribution in [0.1, 0.15) is 26.2 Å². The normalized spacial score (nSPS) is 36.8. The lowest BCUT2D eigenvalue weighted by molar-refractivity contribution is 0.105. The van der Waals surface area contributed by atoms with E-state index in [9.17, 15) is 4.79 Å². The van der Waals surface area contributed by atoms with Gasteiger partial charge in [0, 0.05) is 6.04 Å². The summed E-state index contributed by atoms with van der Waals surface area (Å²) in [6.45, 7) is 4.22. The Hall–Kier alpha value is -0.770. The van der Waals surface area contributed by atoms with Crippen LogP contribution in [0.15, 0.2) is 0 Å². The first-order chi connectivity index (χ1) is 7.22. The summed E-state index contributed by atoms with van der Waals surface area (Å²) in [4.78, 5) is 13.4. The monoisotopic (exact) mass is 212 g/mol. The lowest BCUT2D eigenvalue weighted by Gasteiger charge is -2.38. The Morgan fingerprint density at radius 3 is 2.93 bits per heavy atom. The minimum atomic E-state index is -0.146. The van der Waals surface area contributed by atoms with Crippen molar-refractivity contribution in [3.05, 3.63) is 0 Å². The van der Waals surface area contributed by atoms with E-state index in [2.05, 4.69) is 6.92 Å². The number of cyclic esters (lactones) is 1. The smallest absolute Gasteiger partial charge is 0.410 e. The lowest BCUT2D eigenvalue weighted by atomic mass is 9.78. The van der Waals surface area contributed by atoms with Gasteiger partial charge < -0.3 is 15.4 Å². The number of rotatable bonds is 2. The Morgan fingerprint density at radius 1 is 1.53 bits per heavy atom. The van der Waals surface area contributed by atoms with Crippen LogP contribution in [0.3, 0.4) is 0 Å². The first kappa shape index (κ1) is 10.7. The van der Waals surface area contributed by atoms with E-state index < -0.39 is 0 Å². The van der Waals surface area contributed by atoms with E-state index in [1.54, 1.807) is 0 Å². The molecule has 4 nitrogen and oxygen atoms in total. The molecule has 2 N–H and O–H groups in total. The molecule has 0 aromatic heterocycles. The van der Waals surface area contributed by atoms with Crippen LogP contribution in [0, 0.1) is 11.8 Å². The number of amides is 1. The second kappa shape index (κ2) is 4.39. The maximum atomic E-state index is 11.5. The van der Waals surface area contributed by atoms with Crippen LogP contribution in [-0.4, -0.2) is 36.7 Å². The minimum absolute atomic E-state index is 0.146. The SMILES string of the molecule is CC1CCC(CN)C(N2CCOC2=O)C1. The fourth-order valence-electron chi connectivity index (χ4n) is 2.78. The van der Waals surface area contributed by atoms with Crippen molar-refractivity contribution in [2.45, 2.75) is 32.2 Å². The van der Waals surface area contributed by atoms with Gasteiger partial charge in [-0.2, -0.15) is 0 Å². The molecule has 1 saturated heterocycles. The quantitative estimate of drug-likeness (QED) is 0.748. The predicted molar refractivity (Wildman–Crippen MR) is 57.4 cm³/mol. The molecule has 0 aromatic carbocycles. The Labute approximate surface area is 90.8 Å². The van der Waals surface area contributed by atoms with Crippen LogP contribution in [-0.2, 0) is 4.74 Å². The molecular weight excluding hydrogens is 192 g/mol. The van der Waals surface area contributed by atoms with E-state index in [-0.39, 0.29) is 6.09 Å². The van der Waals surface area contributed by atoms with Gasteiger partial charge in [0.1, 0.15) is 6.61 Å². The molecule has 0 bridgehead atoms. The first-order valence-electron chi connectivity index (χ1n) is 5.86. The Balaban J connectivity index is 2.05. The van der Waals surface area contributed by atoms with E-state index in [4.69, 9.17) is 10.5 Å². The van der Waals surface area contributed by atoms with E-state index in [0.717, 1.165) is 19.4 Å². The number of hydrogen-bond donors (Lipinski definition) is 1. The van der Waals surface area contributed by atoms with Crippen molar-refractivity contribution < 1.29 is 9.53 Å². The average Bonchev–Trinajstić information content (AvgIpc) is 2.64. The van der Waals surface area contributed by atoms with Gasteiger partial charge in [-0.15, -0.1) is 0 Å². The van der Waals surface area contributed by atoms with E-state index in [1.807, 2.05) is 4.90 Å². The van der Waals surface area contributed by atoms with Crippen molar-refractivity contribution >= 4 is 6.09 Å². The highest BCUT2D eigenvalue weighted by atomic mass is 16.6. The molecule has 0 aromatic rings. The highest BCUT2D eigenvalue weighted by Crippen LogP contribution is 2.32. The highest BCUT2D eigenvalue weighted by Gasteiger charge is 2.37. The molecule has 1 saturated carbocycles. The van der Waals surface area contributed by atoms with Crippen LogP contribution >= 0.6 is 0 Å². The summed E-state index contributed by atoms with van der Waals surface area (Å²) in [7, 11) is 0. The van der Waals surface area contributed by atoms with Gasteiger partial charge in [0.25, 0.3) is 0 Å². The summed E-state index contributed by atoms with van der Waals surface area (Å²) in [6.07, 6.45) is 3.32. The van der Waals surface area contributed by atoms with E-state index in [0.29, 0.717) is 31.0 Å². The molecule has 1 amide bonds. The van der Waals surface area contributed by atoms with Gasteiger partial charge in [0.2, 0.25) is 0 Å². The highest BCUT2D eigenvalue weighted by molar-refractivity contribution is 5.69. The summed E-state index contributed by atoms with van der Waals surface area (Å²) >= 11 is 0. The lowest BCUT2D eigenvalue weighted by Crippen LogP contribution is -2.47. The van der Waals surface area contributed by atoms with Crippen LogP contribution in [0.2, 0.25) is 0 Å². The largest absolute Gasteiger partial charge is 0.448 e. The van der Waals surface area contributed by atoms with Gasteiger partial charge in [0.05, 0.1) is 6.54 Å². The first-order valence-corrected chi connectivity index (χ1v) is 5.86. The molecule has 86 valence electrons. The van der Waals surface area contributed by atoms with Crippen molar-refractivity contribution in [3.63, 3.8) is 0 Å². The van der Waals surface area contributed by atoms with Crippen molar-refractivity contribution in [2.24, 2.45) is 17.6 Å². The number of carbonyl (C=O) groups is 1. The molecular formula is C11H20N2O2. The molecule has 2 aliphatic rings. The number of hydrogen-bond acceptors (Lipinski definition) is 3. The van der Waals surface area contributed by atoms with E-state index >= 15 is 0 Å². The molecule has 1 aliphatic heterocycles. The molecule has 2 rings (SSSR count). The maximum Gasteiger partial charge on any atom is 0.410 e. The maximum absolute atomic E-state index is 11.5. The number of carbonyl (C=O) groups excluding carboxylic acids is 1. The van der Waals surface area contributed by atoms with Gasteiger partial charge in [-0.05, 0) is 31.2 Å². The molecule has 3 atom stereocenters. The van der Waals surface area contributed by atoms with Crippen LogP contribution in [0.4, 0.5) is 4.79 Å². The predicted octanol–water partition coefficient (Wildman–Crippen LogP) is 1.20. The summed E-state index contributed by atoms with van der Waals surface area (Å²) in [5.74, 6) is 1.16. The molecule has 2 fully saturated rings. The summed E-state index contributed by atoms with van der Waals surface area (Å²) < 4.78 is 4.99. The van der Waals surface area contributed by atoms with Crippen LogP contribution < -0.4 is 5.73 Å². The minimum Gasteiger partial charge on any atom is -0.448 e. The van der Waals surface area contributed by atoms with Gasteiger partial charge >= 0.3 is 6.09 Å². The summed E-state index contributed by atoms with van der Waals surface area (Å²) in [6, 6.07) is 0.314. The number of nitrogens with zero attached hydrogens (tertiary/aromatic N) is 1. The second-order valence-electron chi connectivity index (χ2n) is 4.79. The Bertz CT molecular complexity index is 245. The topological polar surface area (TPSA) is 55.6 Å². The molecule has 1 aliphatic carbocycles. The summed E-state index contributed by atoms with van der Waals surface area (Å²) in [5.41, 5.74) is 5.77. The number of nitrogens with two attached hydrogens (primary N) is 1. The number of ether oxygens (including phenoxy) is 1. The molecule has 15 heavy (non-hydrogen) atoms. The fourth-order valence-corrected chi connectivity index (χ4v) is 2.78. The van der Waals surface area contributed by atoms with Gasteiger partial charge in [-0.3, -0.25) is 0 Å². The van der Waals surface area contributed by atoms with Gasteiger partial charge in [-0.1, -0.05) is 13.3 Å². The molecule has 4 heteroatoms.